The Hall–Kier alpha value is -1.18. The molecule has 1 N–H and O–H groups in total. The van der Waals surface area contributed by atoms with Gasteiger partial charge in [0.1, 0.15) is 23.5 Å². The first kappa shape index (κ1) is 12.3. The summed E-state index contributed by atoms with van der Waals surface area (Å²) in [6, 6.07) is 8.08. The molecule has 0 amide bonds. The molecule has 1 aromatic carbocycles. The Balaban J connectivity index is 2.20. The van der Waals surface area contributed by atoms with Gasteiger partial charge in [-0.2, -0.15) is 5.26 Å². The van der Waals surface area contributed by atoms with Crippen LogP contribution >= 0.6 is 11.8 Å². The van der Waals surface area contributed by atoms with E-state index in [1.54, 1.807) is 11.8 Å². The summed E-state index contributed by atoms with van der Waals surface area (Å²) in [4.78, 5) is 1.01. The molecule has 2 rings (SSSR count). The molecule has 0 aromatic heterocycles. The minimum atomic E-state index is 0.198. The van der Waals surface area contributed by atoms with Crippen molar-refractivity contribution in [3.05, 3.63) is 23.8 Å². The van der Waals surface area contributed by atoms with Crippen LogP contribution in [0.2, 0.25) is 0 Å². The molecule has 1 saturated heterocycles. The van der Waals surface area contributed by atoms with E-state index in [0.717, 1.165) is 35.9 Å². The van der Waals surface area contributed by atoms with Gasteiger partial charge in [-0.15, -0.1) is 11.8 Å². The van der Waals surface area contributed by atoms with Crippen LogP contribution in [0.3, 0.4) is 0 Å². The Morgan fingerprint density at radius 2 is 2.47 bits per heavy atom. The molecule has 17 heavy (non-hydrogen) atoms. The first-order chi connectivity index (χ1) is 8.35. The first-order valence-electron chi connectivity index (χ1n) is 5.88. The Labute approximate surface area is 106 Å². The maximum Gasteiger partial charge on any atom is 0.138 e. The third-order valence-electron chi connectivity index (χ3n) is 2.71. The number of hydrogen-bond donors (Lipinski definition) is 1. The van der Waals surface area contributed by atoms with Gasteiger partial charge < -0.3 is 10.1 Å². The van der Waals surface area contributed by atoms with Gasteiger partial charge in [0, 0.05) is 11.4 Å². The zero-order valence-electron chi connectivity index (χ0n) is 9.90. The van der Waals surface area contributed by atoms with Gasteiger partial charge in [-0.3, -0.25) is 0 Å². The SMILES string of the molecule is CCSc1cccc(OC2CCNC2)c1C#N. The molecular formula is C13H16N2OS. The third kappa shape index (κ3) is 2.93. The molecule has 1 aliphatic heterocycles. The molecule has 1 aliphatic rings. The summed E-state index contributed by atoms with van der Waals surface area (Å²) in [5.41, 5.74) is 0.672. The van der Waals surface area contributed by atoms with Crippen molar-refractivity contribution in [3.8, 4) is 11.8 Å². The average molecular weight is 248 g/mol. The van der Waals surface area contributed by atoms with Crippen molar-refractivity contribution in [1.82, 2.24) is 5.32 Å². The summed E-state index contributed by atoms with van der Waals surface area (Å²) in [6.45, 7) is 3.95. The minimum absolute atomic E-state index is 0.198. The van der Waals surface area contributed by atoms with E-state index in [1.165, 1.54) is 0 Å². The maximum absolute atomic E-state index is 9.24. The third-order valence-corrected chi connectivity index (χ3v) is 3.65. The highest BCUT2D eigenvalue weighted by atomic mass is 32.2. The molecule has 0 radical (unpaired) electrons. The molecule has 4 heteroatoms. The molecule has 1 unspecified atom stereocenters. The zero-order valence-corrected chi connectivity index (χ0v) is 10.7. The van der Waals surface area contributed by atoms with E-state index in [4.69, 9.17) is 4.74 Å². The number of benzene rings is 1. The van der Waals surface area contributed by atoms with Gasteiger partial charge in [0.05, 0.1) is 0 Å². The molecule has 90 valence electrons. The number of hydrogen-bond acceptors (Lipinski definition) is 4. The quantitative estimate of drug-likeness (QED) is 0.831. The lowest BCUT2D eigenvalue weighted by Crippen LogP contribution is -2.20. The fourth-order valence-electron chi connectivity index (χ4n) is 1.90. The highest BCUT2D eigenvalue weighted by Crippen LogP contribution is 2.30. The largest absolute Gasteiger partial charge is 0.488 e. The molecule has 1 atom stereocenters. The monoisotopic (exact) mass is 248 g/mol. The second-order valence-corrected chi connectivity index (χ2v) is 5.21. The van der Waals surface area contributed by atoms with Crippen LogP contribution in [0.1, 0.15) is 18.9 Å². The lowest BCUT2D eigenvalue weighted by Gasteiger charge is -2.15. The Bertz CT molecular complexity index is 422. The van der Waals surface area contributed by atoms with Crippen LogP contribution in [0, 0.1) is 11.3 Å². The zero-order chi connectivity index (χ0) is 12.1. The van der Waals surface area contributed by atoms with Crippen LogP contribution in [0.15, 0.2) is 23.1 Å². The standard InChI is InChI=1S/C13H16N2OS/c1-2-17-13-5-3-4-12(11(13)8-14)16-10-6-7-15-9-10/h3-5,10,15H,2,6-7,9H2,1H3. The van der Waals surface area contributed by atoms with E-state index in [-0.39, 0.29) is 6.10 Å². The van der Waals surface area contributed by atoms with Crippen LogP contribution in [0.5, 0.6) is 5.75 Å². The predicted octanol–water partition coefficient (Wildman–Crippen LogP) is 2.41. The van der Waals surface area contributed by atoms with E-state index in [9.17, 15) is 5.26 Å². The van der Waals surface area contributed by atoms with Gasteiger partial charge in [-0.05, 0) is 30.9 Å². The fraction of sp³-hybridized carbons (Fsp3) is 0.462. The highest BCUT2D eigenvalue weighted by molar-refractivity contribution is 7.99. The van der Waals surface area contributed by atoms with Gasteiger partial charge >= 0.3 is 0 Å². The highest BCUT2D eigenvalue weighted by Gasteiger charge is 2.18. The van der Waals surface area contributed by atoms with Crippen molar-refractivity contribution >= 4 is 11.8 Å². The van der Waals surface area contributed by atoms with Crippen molar-refractivity contribution in [2.75, 3.05) is 18.8 Å². The average Bonchev–Trinajstić information content (AvgIpc) is 2.83. The van der Waals surface area contributed by atoms with E-state index >= 15 is 0 Å². The van der Waals surface area contributed by atoms with E-state index < -0.39 is 0 Å². The van der Waals surface area contributed by atoms with Gasteiger partial charge in [-0.25, -0.2) is 0 Å². The summed E-state index contributed by atoms with van der Waals surface area (Å²) in [5.74, 6) is 1.68. The lowest BCUT2D eigenvalue weighted by atomic mass is 10.2. The summed E-state index contributed by atoms with van der Waals surface area (Å²) < 4.78 is 5.89. The molecule has 1 fully saturated rings. The molecule has 0 bridgehead atoms. The summed E-state index contributed by atoms with van der Waals surface area (Å²) in [5, 5.41) is 12.5. The van der Waals surface area contributed by atoms with Gasteiger partial charge in [0.15, 0.2) is 0 Å². The van der Waals surface area contributed by atoms with E-state index in [2.05, 4.69) is 18.3 Å². The van der Waals surface area contributed by atoms with E-state index in [1.807, 2.05) is 18.2 Å². The molecular weight excluding hydrogens is 232 g/mol. The topological polar surface area (TPSA) is 45.0 Å². The number of nitriles is 1. The van der Waals surface area contributed by atoms with Crippen molar-refractivity contribution in [1.29, 1.82) is 5.26 Å². The molecule has 1 heterocycles. The number of thioether (sulfide) groups is 1. The molecule has 1 aromatic rings. The number of nitrogens with one attached hydrogen (secondary N) is 1. The second kappa shape index (κ2) is 5.95. The molecule has 3 nitrogen and oxygen atoms in total. The summed E-state index contributed by atoms with van der Waals surface area (Å²) in [6.07, 6.45) is 1.21. The fourth-order valence-corrected chi connectivity index (χ4v) is 2.68. The molecule has 0 spiro atoms. The number of ether oxygens (including phenoxy) is 1. The van der Waals surface area contributed by atoms with Crippen molar-refractivity contribution in [2.24, 2.45) is 0 Å². The summed E-state index contributed by atoms with van der Waals surface area (Å²) >= 11 is 1.68. The normalized spacial score (nSPS) is 18.9. The van der Waals surface area contributed by atoms with Crippen molar-refractivity contribution < 1.29 is 4.74 Å². The lowest BCUT2D eigenvalue weighted by molar-refractivity contribution is 0.222. The van der Waals surface area contributed by atoms with E-state index in [0.29, 0.717) is 5.56 Å². The van der Waals surface area contributed by atoms with Crippen LogP contribution in [0.4, 0.5) is 0 Å². The van der Waals surface area contributed by atoms with Gasteiger partial charge in [0.25, 0.3) is 0 Å². The molecule has 0 saturated carbocycles. The van der Waals surface area contributed by atoms with Crippen molar-refractivity contribution in [3.63, 3.8) is 0 Å². The number of nitrogens with zero attached hydrogens (tertiary/aromatic N) is 1. The smallest absolute Gasteiger partial charge is 0.138 e. The van der Waals surface area contributed by atoms with Crippen LogP contribution in [-0.4, -0.2) is 24.9 Å². The predicted molar refractivity (Wildman–Crippen MR) is 69.5 cm³/mol. The summed E-state index contributed by atoms with van der Waals surface area (Å²) in [7, 11) is 0. The van der Waals surface area contributed by atoms with Crippen molar-refractivity contribution in [2.45, 2.75) is 24.3 Å². The van der Waals surface area contributed by atoms with Gasteiger partial charge in [0.2, 0.25) is 0 Å². The van der Waals surface area contributed by atoms with Crippen LogP contribution < -0.4 is 10.1 Å². The maximum atomic E-state index is 9.24. The Kier molecular flexibility index (Phi) is 4.29. The Morgan fingerprint density at radius 3 is 3.12 bits per heavy atom. The second-order valence-electron chi connectivity index (χ2n) is 3.91. The number of rotatable bonds is 4. The molecule has 0 aliphatic carbocycles. The van der Waals surface area contributed by atoms with Crippen LogP contribution in [0.25, 0.3) is 0 Å². The van der Waals surface area contributed by atoms with Crippen LogP contribution in [-0.2, 0) is 0 Å². The first-order valence-corrected chi connectivity index (χ1v) is 6.87. The van der Waals surface area contributed by atoms with Gasteiger partial charge in [-0.1, -0.05) is 13.0 Å². The Morgan fingerprint density at radius 1 is 1.59 bits per heavy atom. The minimum Gasteiger partial charge on any atom is -0.488 e.